The van der Waals surface area contributed by atoms with Gasteiger partial charge >= 0.3 is 29.6 Å². The molecule has 9 nitrogen and oxygen atoms in total. The molecule has 4 rings (SSSR count). The van der Waals surface area contributed by atoms with Crippen LogP contribution in [0.5, 0.6) is 11.5 Å². The van der Waals surface area contributed by atoms with Crippen LogP contribution in [0.15, 0.2) is 75.8 Å². The average Bonchev–Trinajstić information content (AvgIpc) is 2.88. The molecular weight excluding hydrogens is 588 g/mol. The van der Waals surface area contributed by atoms with E-state index in [1.807, 2.05) is 0 Å². The number of hydrogen-bond donors (Lipinski definition) is 2. The van der Waals surface area contributed by atoms with E-state index in [9.17, 15) is 22.9 Å². The Morgan fingerprint density at radius 1 is 1.05 bits per heavy atom. The Bertz CT molecular complexity index is 1730. The molecule has 0 bridgehead atoms. The zero-order chi connectivity index (χ0) is 28.3. The number of carbonyl (C=O) groups is 1. The van der Waals surface area contributed by atoms with Gasteiger partial charge < -0.3 is 15.2 Å². The maximum atomic E-state index is 13.5. The number of halogens is 2. The van der Waals surface area contributed by atoms with Crippen LogP contribution in [-0.4, -0.2) is 25.5 Å². The van der Waals surface area contributed by atoms with E-state index >= 15 is 0 Å². The van der Waals surface area contributed by atoms with E-state index in [0.717, 1.165) is 6.07 Å². The van der Waals surface area contributed by atoms with Crippen molar-refractivity contribution in [2.75, 3.05) is 11.9 Å². The van der Waals surface area contributed by atoms with Crippen LogP contribution in [0.1, 0.15) is 29.8 Å². The second-order valence-electron chi connectivity index (χ2n) is 8.25. The summed E-state index contributed by atoms with van der Waals surface area (Å²) in [6, 6.07) is 15.5. The van der Waals surface area contributed by atoms with Crippen LogP contribution in [0.2, 0.25) is 10.0 Å². The van der Waals surface area contributed by atoms with Gasteiger partial charge in [-0.3, -0.25) is 9.35 Å². The number of ether oxygens (including phenoxy) is 1. The average molecular weight is 610 g/mol. The number of anilines is 1. The maximum absolute atomic E-state index is 13.5. The molecule has 0 aliphatic carbocycles. The monoisotopic (exact) mass is 609 g/mol. The van der Waals surface area contributed by atoms with Gasteiger partial charge in [-0.15, -0.1) is 0 Å². The summed E-state index contributed by atoms with van der Waals surface area (Å²) in [7, 11) is -4.55. The van der Waals surface area contributed by atoms with Gasteiger partial charge in [0.2, 0.25) is 0 Å². The van der Waals surface area contributed by atoms with E-state index in [1.54, 1.807) is 50.2 Å². The van der Waals surface area contributed by atoms with Crippen LogP contribution >= 0.6 is 23.2 Å². The Balaban J connectivity index is 0.00000441. The van der Waals surface area contributed by atoms with E-state index in [2.05, 4.69) is 15.5 Å². The summed E-state index contributed by atoms with van der Waals surface area (Å²) in [6.07, 6.45) is 0.270. The van der Waals surface area contributed by atoms with E-state index in [4.69, 9.17) is 27.9 Å². The van der Waals surface area contributed by atoms with Crippen LogP contribution in [0.3, 0.4) is 0 Å². The molecule has 0 aliphatic rings. The smallest absolute Gasteiger partial charge is 0.870 e. The summed E-state index contributed by atoms with van der Waals surface area (Å²) in [5, 5.41) is 25.7. The molecule has 0 saturated heterocycles. The van der Waals surface area contributed by atoms with Crippen LogP contribution in [0.25, 0.3) is 10.8 Å². The molecule has 4 aromatic carbocycles. The number of nitrogens with zero attached hydrogens (tertiary/aromatic N) is 2. The third kappa shape index (κ3) is 6.77. The minimum absolute atomic E-state index is 0. The van der Waals surface area contributed by atoms with Gasteiger partial charge in [0, 0.05) is 16.0 Å². The molecule has 0 spiro atoms. The maximum Gasteiger partial charge on any atom is 1.00 e. The molecule has 0 saturated carbocycles. The van der Waals surface area contributed by atoms with Gasteiger partial charge in [0.15, 0.2) is 0 Å². The molecule has 0 aromatic heterocycles. The van der Waals surface area contributed by atoms with Crippen molar-refractivity contribution in [2.45, 2.75) is 25.2 Å². The van der Waals surface area contributed by atoms with Crippen molar-refractivity contribution in [3.63, 3.8) is 0 Å². The number of fused-ring (bicyclic) bond motifs is 1. The van der Waals surface area contributed by atoms with Crippen molar-refractivity contribution in [1.29, 1.82) is 0 Å². The molecule has 0 aliphatic heterocycles. The number of nitrogens with one attached hydrogen (secondary N) is 1. The van der Waals surface area contributed by atoms with Crippen LogP contribution in [-0.2, 0) is 16.5 Å². The summed E-state index contributed by atoms with van der Waals surface area (Å²) < 4.78 is 38.3. The number of rotatable bonds is 8. The Hall–Kier alpha value is -2.70. The Morgan fingerprint density at radius 3 is 2.45 bits per heavy atom. The first-order valence-corrected chi connectivity index (χ1v) is 13.9. The summed E-state index contributed by atoms with van der Waals surface area (Å²) in [6.45, 7) is 3.87. The fourth-order valence-electron chi connectivity index (χ4n) is 3.97. The quantitative estimate of drug-likeness (QED) is 0.175. The molecule has 1 amide bonds. The fourth-order valence-corrected chi connectivity index (χ4v) is 5.32. The van der Waals surface area contributed by atoms with E-state index in [0.29, 0.717) is 39.4 Å². The van der Waals surface area contributed by atoms with Gasteiger partial charge in [0.1, 0.15) is 10.6 Å². The van der Waals surface area contributed by atoms with Crippen molar-refractivity contribution >= 4 is 67.1 Å². The summed E-state index contributed by atoms with van der Waals surface area (Å²) in [5.74, 6) is -0.977. The standard InChI is InChI=1S/C27H23Cl2N3O6S.Na/c1-3-17-20(10-12-23(24(17)29)39(35,36)37)31-32-25-18-8-6-5-7-15(18)13-19(26(25)33)27(34)30-21-14-16(28)9-11-22(21)38-4-2;/h5-14,33H,3-4H2,1-2H3,(H,30,34)(H,35,36,37);/q;+1/p-1. The zero-order valence-corrected chi connectivity index (χ0v) is 26.1. The fraction of sp³-hybridized carbons (Fsp3) is 0.148. The first kappa shape index (κ1) is 31.8. The Labute approximate surface area is 263 Å². The molecule has 2 N–H and O–H groups in total. The van der Waals surface area contributed by atoms with E-state index in [-0.39, 0.29) is 57.9 Å². The molecule has 202 valence electrons. The van der Waals surface area contributed by atoms with Crippen LogP contribution in [0, 0.1) is 0 Å². The normalized spacial score (nSPS) is 11.4. The predicted octanol–water partition coefficient (Wildman–Crippen LogP) is 4.10. The van der Waals surface area contributed by atoms with Gasteiger partial charge in [-0.05, 0) is 60.7 Å². The topological polar surface area (TPSA) is 140 Å². The van der Waals surface area contributed by atoms with E-state index < -0.39 is 26.7 Å². The zero-order valence-electron chi connectivity index (χ0n) is 21.7. The minimum atomic E-state index is -4.55. The molecule has 0 atom stereocenters. The van der Waals surface area contributed by atoms with Crippen molar-refractivity contribution in [3.05, 3.63) is 81.8 Å². The van der Waals surface area contributed by atoms with Crippen molar-refractivity contribution in [1.82, 2.24) is 0 Å². The molecule has 0 heterocycles. The summed E-state index contributed by atoms with van der Waals surface area (Å²) in [4.78, 5) is 12.8. The van der Waals surface area contributed by atoms with Gasteiger partial charge in [-0.1, -0.05) is 60.1 Å². The van der Waals surface area contributed by atoms with Crippen LogP contribution < -0.4 is 44.7 Å². The van der Waals surface area contributed by atoms with E-state index in [1.165, 1.54) is 18.2 Å². The summed E-state index contributed by atoms with van der Waals surface area (Å²) >= 11 is 12.3. The Kier molecular flexibility index (Phi) is 10.6. The third-order valence-corrected chi connectivity index (χ3v) is 7.46. The molecule has 0 fully saturated rings. The number of azo groups is 1. The molecule has 0 radical (unpaired) electrons. The SMILES string of the molecule is CCOc1ccc(Cl)cc1NC(=O)c1cc2ccccc2c(N=Nc2ccc(S(=O)(=O)O)c(Cl)c2CC)c1[O-].[Na+]. The molecule has 0 unspecified atom stereocenters. The van der Waals surface area contributed by atoms with Crippen molar-refractivity contribution in [3.8, 4) is 11.5 Å². The van der Waals surface area contributed by atoms with Gasteiger partial charge in [-0.2, -0.15) is 18.6 Å². The summed E-state index contributed by atoms with van der Waals surface area (Å²) in [5.41, 5.74) is 0.539. The van der Waals surface area contributed by atoms with Gasteiger partial charge in [-0.25, -0.2) is 0 Å². The second-order valence-corrected chi connectivity index (χ2v) is 10.5. The number of carbonyl (C=O) groups excluding carboxylic acids is 1. The molecule has 4 aromatic rings. The predicted molar refractivity (Wildman–Crippen MR) is 149 cm³/mol. The first-order chi connectivity index (χ1) is 18.5. The first-order valence-electron chi connectivity index (χ1n) is 11.7. The molecule has 40 heavy (non-hydrogen) atoms. The number of hydrogen-bond acceptors (Lipinski definition) is 7. The van der Waals surface area contributed by atoms with Gasteiger partial charge in [0.05, 0.1) is 28.7 Å². The minimum Gasteiger partial charge on any atom is -0.870 e. The van der Waals surface area contributed by atoms with Crippen LogP contribution in [0.4, 0.5) is 17.1 Å². The molecular formula is C27H22Cl2N3NaO6S. The second kappa shape index (κ2) is 13.3. The number of benzene rings is 4. The van der Waals surface area contributed by atoms with Crippen molar-refractivity contribution < 1.29 is 57.2 Å². The molecule has 13 heteroatoms. The van der Waals surface area contributed by atoms with Gasteiger partial charge in [0.25, 0.3) is 16.0 Å². The Morgan fingerprint density at radius 2 is 1.77 bits per heavy atom. The number of amides is 1. The third-order valence-electron chi connectivity index (χ3n) is 5.78. The largest absolute Gasteiger partial charge is 1.00 e. The van der Waals surface area contributed by atoms with Crippen molar-refractivity contribution in [2.24, 2.45) is 10.2 Å².